The molecule has 0 atom stereocenters. The normalized spacial score (nSPS) is 11.6. The molecule has 0 saturated heterocycles. The number of rotatable bonds is 5. The molecule has 50 heavy (non-hydrogen) atoms. The van der Waals surface area contributed by atoms with E-state index in [2.05, 4.69) is 193 Å². The summed E-state index contributed by atoms with van der Waals surface area (Å²) >= 11 is 0. The first-order valence-electron chi connectivity index (χ1n) is 17.1. The predicted molar refractivity (Wildman–Crippen MR) is 212 cm³/mol. The minimum Gasteiger partial charge on any atom is -0.453 e. The van der Waals surface area contributed by atoms with Crippen molar-refractivity contribution in [2.24, 2.45) is 0 Å². The van der Waals surface area contributed by atoms with Gasteiger partial charge >= 0.3 is 0 Å². The monoisotopic (exact) mass is 637 g/mol. The van der Waals surface area contributed by atoms with Gasteiger partial charge in [-0.2, -0.15) is 0 Å². The number of fused-ring (bicyclic) bond motifs is 9. The molecule has 0 aliphatic heterocycles. The lowest BCUT2D eigenvalue weighted by Gasteiger charge is -2.28. The smallest absolute Gasteiger partial charge is 0.160 e. The number of benzene rings is 9. The Kier molecular flexibility index (Phi) is 6.53. The summed E-state index contributed by atoms with van der Waals surface area (Å²) in [6.07, 6.45) is 0. The summed E-state index contributed by atoms with van der Waals surface area (Å²) in [4.78, 5) is 2.39. The summed E-state index contributed by atoms with van der Waals surface area (Å²) < 4.78 is 7.23. The zero-order chi connectivity index (χ0) is 33.0. The van der Waals surface area contributed by atoms with Crippen LogP contribution in [0.5, 0.6) is 0 Å². The average Bonchev–Trinajstić information content (AvgIpc) is 3.60. The van der Waals surface area contributed by atoms with Crippen LogP contribution in [-0.2, 0) is 0 Å². The highest BCUT2D eigenvalue weighted by Gasteiger charge is 2.26. The first-order valence-corrected chi connectivity index (χ1v) is 17.1. The van der Waals surface area contributed by atoms with E-state index in [1.807, 2.05) is 0 Å². The molecule has 0 aliphatic rings. The van der Waals surface area contributed by atoms with Crippen molar-refractivity contribution in [3.05, 3.63) is 188 Å². The molecule has 0 amide bonds. The lowest BCUT2D eigenvalue weighted by atomic mass is 9.95. The summed E-state index contributed by atoms with van der Waals surface area (Å²) in [6, 6.07) is 67.3. The molecule has 9 aromatic carbocycles. The second kappa shape index (κ2) is 11.5. The molecule has 0 fully saturated rings. The molecule has 0 saturated carbocycles. The van der Waals surface area contributed by atoms with E-state index in [0.717, 1.165) is 55.5 Å². The average molecular weight is 638 g/mol. The number of hydrogen-bond acceptors (Lipinski definition) is 2. The van der Waals surface area contributed by atoms with Gasteiger partial charge in [-0.1, -0.05) is 158 Å². The van der Waals surface area contributed by atoms with Gasteiger partial charge in [0.2, 0.25) is 0 Å². The van der Waals surface area contributed by atoms with Crippen molar-refractivity contribution in [1.29, 1.82) is 0 Å². The van der Waals surface area contributed by atoms with Gasteiger partial charge in [0.15, 0.2) is 5.58 Å². The molecule has 2 nitrogen and oxygen atoms in total. The third-order valence-corrected chi connectivity index (χ3v) is 10.0. The summed E-state index contributed by atoms with van der Waals surface area (Å²) in [7, 11) is 0. The molecule has 0 bridgehead atoms. The highest BCUT2D eigenvalue weighted by atomic mass is 16.3. The van der Waals surface area contributed by atoms with Crippen molar-refractivity contribution < 1.29 is 4.42 Å². The number of nitrogens with zero attached hydrogens (tertiary/aromatic N) is 1. The van der Waals surface area contributed by atoms with Crippen LogP contribution in [0.1, 0.15) is 0 Å². The van der Waals surface area contributed by atoms with E-state index in [-0.39, 0.29) is 0 Å². The zero-order valence-corrected chi connectivity index (χ0v) is 27.3. The van der Waals surface area contributed by atoms with Crippen LogP contribution >= 0.6 is 0 Å². The highest BCUT2D eigenvalue weighted by Crippen LogP contribution is 2.50. The molecule has 10 aromatic rings. The topological polar surface area (TPSA) is 16.4 Å². The first kappa shape index (κ1) is 28.4. The SMILES string of the molecule is c1ccc(-c2ccc(N(c3ccc4ccccc4c3)c3c(-c4ccccc4)ccc4c3oc3c5ccccc5c5ccccc5c43)cc2)cc1. The van der Waals surface area contributed by atoms with Crippen LogP contribution < -0.4 is 4.90 Å². The van der Waals surface area contributed by atoms with Crippen LogP contribution in [0.4, 0.5) is 17.1 Å². The zero-order valence-electron chi connectivity index (χ0n) is 27.3. The third kappa shape index (κ3) is 4.50. The van der Waals surface area contributed by atoms with Gasteiger partial charge in [-0.3, -0.25) is 0 Å². The predicted octanol–water partition coefficient (Wildman–Crippen LogP) is 13.8. The molecule has 0 N–H and O–H groups in total. The Bertz CT molecular complexity index is 2850. The Morgan fingerprint density at radius 2 is 0.900 bits per heavy atom. The fourth-order valence-corrected chi connectivity index (χ4v) is 7.69. The maximum Gasteiger partial charge on any atom is 0.160 e. The van der Waals surface area contributed by atoms with E-state index in [1.165, 1.54) is 38.1 Å². The summed E-state index contributed by atoms with van der Waals surface area (Å²) in [6.45, 7) is 0. The van der Waals surface area contributed by atoms with Gasteiger partial charge in [0.05, 0.1) is 5.69 Å². The molecule has 1 aromatic heterocycles. The van der Waals surface area contributed by atoms with Crippen LogP contribution in [-0.4, -0.2) is 0 Å². The minimum absolute atomic E-state index is 0.864. The van der Waals surface area contributed by atoms with E-state index in [9.17, 15) is 0 Å². The first-order chi connectivity index (χ1) is 24.8. The van der Waals surface area contributed by atoms with Crippen LogP contribution in [0.15, 0.2) is 192 Å². The van der Waals surface area contributed by atoms with Crippen molar-refractivity contribution in [2.75, 3.05) is 4.90 Å². The van der Waals surface area contributed by atoms with Gasteiger partial charge in [-0.05, 0) is 74.0 Å². The molecule has 10 rings (SSSR count). The second-order valence-corrected chi connectivity index (χ2v) is 12.9. The number of anilines is 3. The minimum atomic E-state index is 0.864. The number of furan rings is 1. The summed E-state index contributed by atoms with van der Waals surface area (Å²) in [5, 5.41) is 9.38. The fraction of sp³-hybridized carbons (Fsp3) is 0. The lowest BCUT2D eigenvalue weighted by molar-refractivity contribution is 0.673. The van der Waals surface area contributed by atoms with Crippen molar-refractivity contribution in [2.45, 2.75) is 0 Å². The van der Waals surface area contributed by atoms with Crippen molar-refractivity contribution in [3.8, 4) is 22.3 Å². The summed E-state index contributed by atoms with van der Waals surface area (Å²) in [5.74, 6) is 0. The van der Waals surface area contributed by atoms with Crippen molar-refractivity contribution >= 4 is 71.3 Å². The molecule has 0 spiro atoms. The standard InChI is InChI=1S/C48H31NO/c1-3-13-32(14-4-1)34-23-26-37(27-24-34)49(38-28-25-33-15-7-8-18-36(33)31-38)46-39(35-16-5-2-6-17-35)29-30-44-45-42-21-11-9-19-40(42)41-20-10-12-22-43(41)47(45)50-48(44)46/h1-31H. The second-order valence-electron chi connectivity index (χ2n) is 12.9. The maximum absolute atomic E-state index is 7.23. The Hall–Kier alpha value is -6.64. The van der Waals surface area contributed by atoms with Gasteiger partial charge in [0.25, 0.3) is 0 Å². The van der Waals surface area contributed by atoms with Crippen molar-refractivity contribution in [1.82, 2.24) is 0 Å². The van der Waals surface area contributed by atoms with E-state index in [0.29, 0.717) is 0 Å². The quantitative estimate of drug-likeness (QED) is 0.175. The van der Waals surface area contributed by atoms with Crippen LogP contribution in [0.25, 0.3) is 76.5 Å². The Morgan fingerprint density at radius 1 is 0.340 bits per heavy atom. The van der Waals surface area contributed by atoms with Gasteiger partial charge in [0.1, 0.15) is 5.58 Å². The number of hydrogen-bond donors (Lipinski definition) is 0. The van der Waals surface area contributed by atoms with E-state index in [4.69, 9.17) is 4.42 Å². The third-order valence-electron chi connectivity index (χ3n) is 10.0. The van der Waals surface area contributed by atoms with E-state index < -0.39 is 0 Å². The lowest BCUT2D eigenvalue weighted by Crippen LogP contribution is -2.11. The van der Waals surface area contributed by atoms with E-state index >= 15 is 0 Å². The largest absolute Gasteiger partial charge is 0.453 e. The summed E-state index contributed by atoms with van der Waals surface area (Å²) in [5.41, 5.74) is 9.52. The molecule has 2 heteroatoms. The molecule has 0 radical (unpaired) electrons. The molecule has 234 valence electrons. The highest BCUT2D eigenvalue weighted by molar-refractivity contribution is 6.31. The molecular formula is C48H31NO. The van der Waals surface area contributed by atoms with Gasteiger partial charge in [0, 0.05) is 33.1 Å². The maximum atomic E-state index is 7.23. The van der Waals surface area contributed by atoms with Crippen LogP contribution in [0.3, 0.4) is 0 Å². The van der Waals surface area contributed by atoms with Crippen molar-refractivity contribution in [3.63, 3.8) is 0 Å². The Balaban J connectivity index is 1.33. The molecule has 0 unspecified atom stereocenters. The van der Waals surface area contributed by atoms with Gasteiger partial charge < -0.3 is 9.32 Å². The molecule has 0 aliphatic carbocycles. The van der Waals surface area contributed by atoms with Gasteiger partial charge in [-0.15, -0.1) is 0 Å². The van der Waals surface area contributed by atoms with E-state index in [1.54, 1.807) is 0 Å². The van der Waals surface area contributed by atoms with Gasteiger partial charge in [-0.25, -0.2) is 0 Å². The Labute approximate surface area is 290 Å². The fourth-order valence-electron chi connectivity index (χ4n) is 7.69. The Morgan fingerprint density at radius 3 is 1.64 bits per heavy atom. The molecule has 1 heterocycles. The van der Waals surface area contributed by atoms with Crippen LogP contribution in [0.2, 0.25) is 0 Å². The van der Waals surface area contributed by atoms with Crippen LogP contribution in [0, 0.1) is 0 Å². The molecular weight excluding hydrogens is 607 g/mol.